The largest absolute Gasteiger partial charge is 0.385 e. The van der Waals surface area contributed by atoms with Crippen molar-refractivity contribution < 1.29 is 5.11 Å². The van der Waals surface area contributed by atoms with Gasteiger partial charge in [0.25, 0.3) is 0 Å². The molecule has 0 aromatic heterocycles. The smallest absolute Gasteiger partial charge is 0.0868 e. The molecule has 1 atom stereocenters. The van der Waals surface area contributed by atoms with Gasteiger partial charge in [-0.15, -0.1) is 0 Å². The minimum Gasteiger partial charge on any atom is -0.385 e. The Hall–Kier alpha value is -0.340. The van der Waals surface area contributed by atoms with Gasteiger partial charge in [-0.05, 0) is 31.0 Å². The molecule has 0 saturated heterocycles. The molecule has 0 fully saturated rings. The fraction of sp³-hybridized carbons (Fsp3) is 0.455. The summed E-state index contributed by atoms with van der Waals surface area (Å²) in [7, 11) is 0. The van der Waals surface area contributed by atoms with E-state index in [1.54, 1.807) is 0 Å². The summed E-state index contributed by atoms with van der Waals surface area (Å²) in [5, 5.41) is 10.1. The van der Waals surface area contributed by atoms with E-state index in [0.717, 1.165) is 22.9 Å². The van der Waals surface area contributed by atoms with E-state index < -0.39 is 5.60 Å². The van der Waals surface area contributed by atoms with Crippen molar-refractivity contribution in [3.8, 4) is 0 Å². The van der Waals surface area contributed by atoms with Gasteiger partial charge >= 0.3 is 0 Å². The normalized spacial score (nSPS) is 15.4. The Bertz CT molecular complexity index is 281. The van der Waals surface area contributed by atoms with Crippen molar-refractivity contribution in [1.82, 2.24) is 0 Å². The number of hydrogen-bond acceptors (Lipinski definition) is 1. The quantitative estimate of drug-likeness (QED) is 0.861. The Morgan fingerprint density at radius 1 is 1.46 bits per heavy atom. The van der Waals surface area contributed by atoms with Crippen molar-refractivity contribution in [2.75, 3.05) is 0 Å². The summed E-state index contributed by atoms with van der Waals surface area (Å²) in [6, 6.07) is 7.84. The molecule has 0 amide bonds. The van der Waals surface area contributed by atoms with E-state index in [1.807, 2.05) is 31.2 Å². The maximum Gasteiger partial charge on any atom is 0.0868 e. The fourth-order valence-electron chi connectivity index (χ4n) is 1.45. The van der Waals surface area contributed by atoms with E-state index >= 15 is 0 Å². The van der Waals surface area contributed by atoms with E-state index in [4.69, 9.17) is 0 Å². The second-order valence-electron chi connectivity index (χ2n) is 3.53. The third-order valence-electron chi connectivity index (χ3n) is 2.18. The topological polar surface area (TPSA) is 20.2 Å². The molecule has 0 heterocycles. The Morgan fingerprint density at radius 3 is 2.69 bits per heavy atom. The minimum atomic E-state index is -0.696. The van der Waals surface area contributed by atoms with Gasteiger partial charge in [0.15, 0.2) is 0 Å². The third kappa shape index (κ3) is 2.82. The lowest BCUT2D eigenvalue weighted by Crippen LogP contribution is -2.20. The monoisotopic (exact) mass is 242 g/mol. The van der Waals surface area contributed by atoms with Gasteiger partial charge in [0.2, 0.25) is 0 Å². The highest BCUT2D eigenvalue weighted by Gasteiger charge is 2.21. The predicted octanol–water partition coefficient (Wildman–Crippen LogP) is 3.46. The van der Waals surface area contributed by atoms with Crippen LogP contribution in [0.25, 0.3) is 0 Å². The Balaban J connectivity index is 2.93. The van der Waals surface area contributed by atoms with E-state index in [-0.39, 0.29) is 0 Å². The molecule has 0 aliphatic heterocycles. The molecule has 0 saturated carbocycles. The van der Waals surface area contributed by atoms with Crippen LogP contribution >= 0.6 is 15.9 Å². The lowest BCUT2D eigenvalue weighted by molar-refractivity contribution is 0.0469. The van der Waals surface area contributed by atoms with Gasteiger partial charge in [-0.2, -0.15) is 0 Å². The van der Waals surface area contributed by atoms with Crippen LogP contribution in [0.15, 0.2) is 28.7 Å². The summed E-state index contributed by atoms with van der Waals surface area (Å²) in [6.07, 6.45) is 1.78. The minimum absolute atomic E-state index is 0.696. The van der Waals surface area contributed by atoms with Gasteiger partial charge in [-0.1, -0.05) is 41.4 Å². The molecule has 0 aliphatic rings. The Labute approximate surface area is 87.9 Å². The van der Waals surface area contributed by atoms with E-state index in [1.165, 1.54) is 0 Å². The fourth-order valence-corrected chi connectivity index (χ4v) is 1.85. The molecule has 0 spiro atoms. The van der Waals surface area contributed by atoms with Crippen LogP contribution in [0.4, 0.5) is 0 Å². The summed E-state index contributed by atoms with van der Waals surface area (Å²) in [5.41, 5.74) is 0.280. The van der Waals surface area contributed by atoms with E-state index in [0.29, 0.717) is 0 Å². The molecular formula is C11H15BrO. The first-order valence-corrected chi connectivity index (χ1v) is 5.34. The van der Waals surface area contributed by atoms with Gasteiger partial charge in [-0.3, -0.25) is 0 Å². The van der Waals surface area contributed by atoms with Gasteiger partial charge in [-0.25, -0.2) is 0 Å². The Morgan fingerprint density at radius 2 is 2.15 bits per heavy atom. The lowest BCUT2D eigenvalue weighted by atomic mass is 9.92. The van der Waals surface area contributed by atoms with Gasteiger partial charge in [0.1, 0.15) is 0 Å². The van der Waals surface area contributed by atoms with Crippen molar-refractivity contribution in [2.24, 2.45) is 0 Å². The predicted molar refractivity (Wildman–Crippen MR) is 58.6 cm³/mol. The van der Waals surface area contributed by atoms with Crippen molar-refractivity contribution >= 4 is 15.9 Å². The molecule has 0 radical (unpaired) electrons. The van der Waals surface area contributed by atoms with Crippen LogP contribution in [0.1, 0.15) is 32.3 Å². The number of halogens is 1. The first kappa shape index (κ1) is 10.7. The summed E-state index contributed by atoms with van der Waals surface area (Å²) in [4.78, 5) is 0. The highest BCUT2D eigenvalue weighted by atomic mass is 79.9. The van der Waals surface area contributed by atoms with Crippen molar-refractivity contribution in [3.05, 3.63) is 34.3 Å². The standard InChI is InChI=1S/C11H15BrO/c1-3-7-11(2,13)9-5-4-6-10(12)8-9/h4-6,8,13H,3,7H2,1-2H3. The number of benzene rings is 1. The third-order valence-corrected chi connectivity index (χ3v) is 2.68. The first-order valence-electron chi connectivity index (χ1n) is 4.54. The number of hydrogen-bond donors (Lipinski definition) is 1. The molecular weight excluding hydrogens is 228 g/mol. The zero-order chi connectivity index (χ0) is 9.90. The molecule has 1 aromatic rings. The average Bonchev–Trinajstić information content (AvgIpc) is 2.04. The molecule has 2 heteroatoms. The molecule has 1 unspecified atom stereocenters. The van der Waals surface area contributed by atoms with Crippen LogP contribution in [0.3, 0.4) is 0 Å². The molecule has 1 rings (SSSR count). The maximum absolute atomic E-state index is 10.1. The molecule has 0 aliphatic carbocycles. The second kappa shape index (κ2) is 4.25. The number of aliphatic hydroxyl groups is 1. The van der Waals surface area contributed by atoms with Gasteiger partial charge < -0.3 is 5.11 Å². The van der Waals surface area contributed by atoms with Crippen LogP contribution in [-0.4, -0.2) is 5.11 Å². The zero-order valence-electron chi connectivity index (χ0n) is 8.05. The van der Waals surface area contributed by atoms with Crippen LogP contribution in [0.5, 0.6) is 0 Å². The summed E-state index contributed by atoms with van der Waals surface area (Å²) < 4.78 is 1.02. The number of rotatable bonds is 3. The second-order valence-corrected chi connectivity index (χ2v) is 4.45. The van der Waals surface area contributed by atoms with Crippen LogP contribution in [0.2, 0.25) is 0 Å². The average molecular weight is 243 g/mol. The first-order chi connectivity index (χ1) is 6.06. The highest BCUT2D eigenvalue weighted by Crippen LogP contribution is 2.27. The van der Waals surface area contributed by atoms with Crippen LogP contribution in [0, 0.1) is 0 Å². The lowest BCUT2D eigenvalue weighted by Gasteiger charge is -2.23. The molecule has 13 heavy (non-hydrogen) atoms. The summed E-state index contributed by atoms with van der Waals surface area (Å²) in [6.45, 7) is 3.94. The van der Waals surface area contributed by atoms with E-state index in [9.17, 15) is 5.11 Å². The molecule has 72 valence electrons. The SMILES string of the molecule is CCCC(C)(O)c1cccc(Br)c1. The maximum atomic E-state index is 10.1. The van der Waals surface area contributed by atoms with E-state index in [2.05, 4.69) is 22.9 Å². The van der Waals surface area contributed by atoms with Crippen molar-refractivity contribution in [2.45, 2.75) is 32.3 Å². The van der Waals surface area contributed by atoms with Crippen LogP contribution in [-0.2, 0) is 5.60 Å². The van der Waals surface area contributed by atoms with Crippen LogP contribution < -0.4 is 0 Å². The molecule has 1 N–H and O–H groups in total. The molecule has 0 bridgehead atoms. The summed E-state index contributed by atoms with van der Waals surface area (Å²) >= 11 is 3.39. The summed E-state index contributed by atoms with van der Waals surface area (Å²) in [5.74, 6) is 0. The molecule has 1 nitrogen and oxygen atoms in total. The van der Waals surface area contributed by atoms with Gasteiger partial charge in [0.05, 0.1) is 5.60 Å². The van der Waals surface area contributed by atoms with Crippen molar-refractivity contribution in [3.63, 3.8) is 0 Å². The van der Waals surface area contributed by atoms with Crippen molar-refractivity contribution in [1.29, 1.82) is 0 Å². The van der Waals surface area contributed by atoms with Gasteiger partial charge in [0, 0.05) is 4.47 Å². The molecule has 1 aromatic carbocycles. The Kier molecular flexibility index (Phi) is 3.51. The zero-order valence-corrected chi connectivity index (χ0v) is 9.63. The highest BCUT2D eigenvalue weighted by molar-refractivity contribution is 9.10.